The van der Waals surface area contributed by atoms with Crippen molar-refractivity contribution in [3.63, 3.8) is 0 Å². The molecule has 27 heavy (non-hydrogen) atoms. The highest BCUT2D eigenvalue weighted by Gasteiger charge is 2.23. The molecule has 7 heteroatoms. The van der Waals surface area contributed by atoms with Crippen molar-refractivity contribution in [1.29, 1.82) is 0 Å². The molecule has 0 aliphatic rings. The summed E-state index contributed by atoms with van der Waals surface area (Å²) >= 11 is 3.35. The van der Waals surface area contributed by atoms with E-state index in [0.717, 1.165) is 27.3 Å². The number of nitrogens with zero attached hydrogens (tertiary/aromatic N) is 1. The lowest BCUT2D eigenvalue weighted by molar-refractivity contribution is -0.120. The van der Waals surface area contributed by atoms with E-state index in [9.17, 15) is 13.2 Å². The van der Waals surface area contributed by atoms with Crippen molar-refractivity contribution in [2.45, 2.75) is 33.7 Å². The van der Waals surface area contributed by atoms with E-state index in [1.807, 2.05) is 20.8 Å². The van der Waals surface area contributed by atoms with Crippen LogP contribution in [0.2, 0.25) is 0 Å². The molecule has 0 aliphatic carbocycles. The van der Waals surface area contributed by atoms with Crippen molar-refractivity contribution in [3.8, 4) is 0 Å². The summed E-state index contributed by atoms with van der Waals surface area (Å²) in [5.41, 5.74) is 4.91. The zero-order chi connectivity index (χ0) is 20.4. The molecule has 0 saturated carbocycles. The molecule has 0 aliphatic heterocycles. The molecular formula is C20H25BrN2O3S. The van der Waals surface area contributed by atoms with Crippen molar-refractivity contribution in [2.24, 2.45) is 0 Å². The average molecular weight is 453 g/mol. The fraction of sp³-hybridized carbons (Fsp3) is 0.350. The van der Waals surface area contributed by atoms with Crippen LogP contribution in [0.25, 0.3) is 0 Å². The van der Waals surface area contributed by atoms with E-state index in [0.29, 0.717) is 10.2 Å². The molecule has 5 nitrogen and oxygen atoms in total. The van der Waals surface area contributed by atoms with E-state index in [4.69, 9.17) is 0 Å². The summed E-state index contributed by atoms with van der Waals surface area (Å²) in [5.74, 6) is -0.360. The first-order valence-corrected chi connectivity index (χ1v) is 11.2. The quantitative estimate of drug-likeness (QED) is 0.719. The van der Waals surface area contributed by atoms with E-state index in [1.165, 1.54) is 5.56 Å². The first kappa shape index (κ1) is 21.4. The number of anilines is 1. The largest absolute Gasteiger partial charge is 0.348 e. The van der Waals surface area contributed by atoms with Crippen molar-refractivity contribution in [3.05, 3.63) is 63.1 Å². The molecule has 0 radical (unpaired) electrons. The zero-order valence-electron chi connectivity index (χ0n) is 16.2. The number of aryl methyl sites for hydroxylation is 3. The van der Waals surface area contributed by atoms with Crippen molar-refractivity contribution >= 4 is 37.5 Å². The van der Waals surface area contributed by atoms with Crippen LogP contribution in [0.15, 0.2) is 40.9 Å². The molecule has 0 aromatic heterocycles. The molecule has 146 valence electrons. The Bertz CT molecular complexity index is 958. The fourth-order valence-electron chi connectivity index (χ4n) is 2.98. The SMILES string of the molecule is Cc1cc(C)c([C@@H](C)NC(=O)CN(c2ccccc2Br)S(C)(=O)=O)cc1C. The Morgan fingerprint density at radius 2 is 1.70 bits per heavy atom. The molecular weight excluding hydrogens is 428 g/mol. The topological polar surface area (TPSA) is 66.5 Å². The standard InChI is InChI=1S/C20H25BrN2O3S/c1-13-10-15(3)17(11-14(13)2)16(4)22-20(24)12-23(27(5,25)26)19-9-7-6-8-18(19)21/h6-11,16H,12H2,1-5H3,(H,22,24)/t16-/m1/s1. The van der Waals surface area contributed by atoms with Gasteiger partial charge in [-0.05, 0) is 78.0 Å². The van der Waals surface area contributed by atoms with Crippen LogP contribution in [-0.2, 0) is 14.8 Å². The third-order valence-corrected chi connectivity index (χ3v) is 6.33. The molecule has 2 aromatic carbocycles. The Labute approximate surface area is 170 Å². The van der Waals surface area contributed by atoms with E-state index >= 15 is 0 Å². The lowest BCUT2D eigenvalue weighted by Gasteiger charge is -2.24. The monoisotopic (exact) mass is 452 g/mol. The number of nitrogens with one attached hydrogen (secondary N) is 1. The number of benzene rings is 2. The van der Waals surface area contributed by atoms with Gasteiger partial charge in [0, 0.05) is 4.47 Å². The first-order chi connectivity index (χ1) is 12.5. The summed E-state index contributed by atoms with van der Waals surface area (Å²) < 4.78 is 26.2. The van der Waals surface area contributed by atoms with Gasteiger partial charge in [0.05, 0.1) is 18.0 Å². The van der Waals surface area contributed by atoms with Crippen molar-refractivity contribution in [1.82, 2.24) is 5.32 Å². The molecule has 0 fully saturated rings. The van der Waals surface area contributed by atoms with Gasteiger partial charge in [0.1, 0.15) is 6.54 Å². The molecule has 0 unspecified atom stereocenters. The van der Waals surface area contributed by atoms with Gasteiger partial charge in [0.2, 0.25) is 15.9 Å². The average Bonchev–Trinajstić information content (AvgIpc) is 2.55. The molecule has 1 N–H and O–H groups in total. The maximum atomic E-state index is 12.6. The third kappa shape index (κ3) is 5.32. The summed E-state index contributed by atoms with van der Waals surface area (Å²) in [6.45, 7) is 7.71. The van der Waals surface area contributed by atoms with Gasteiger partial charge >= 0.3 is 0 Å². The number of sulfonamides is 1. The second-order valence-electron chi connectivity index (χ2n) is 6.80. The third-order valence-electron chi connectivity index (χ3n) is 4.54. The highest BCUT2D eigenvalue weighted by molar-refractivity contribution is 9.10. The lowest BCUT2D eigenvalue weighted by Crippen LogP contribution is -2.41. The van der Waals surface area contributed by atoms with E-state index in [2.05, 4.69) is 40.3 Å². The van der Waals surface area contributed by atoms with Crippen molar-refractivity contribution < 1.29 is 13.2 Å². The maximum absolute atomic E-state index is 12.6. The van der Waals surface area contributed by atoms with Crippen LogP contribution in [0.3, 0.4) is 0 Å². The summed E-state index contributed by atoms with van der Waals surface area (Å²) in [4.78, 5) is 12.6. The number of carbonyl (C=O) groups is 1. The number of hydrogen-bond acceptors (Lipinski definition) is 3. The maximum Gasteiger partial charge on any atom is 0.241 e. The summed E-state index contributed by atoms with van der Waals surface area (Å²) in [6.07, 6.45) is 1.09. The highest BCUT2D eigenvalue weighted by Crippen LogP contribution is 2.27. The van der Waals surface area contributed by atoms with E-state index in [1.54, 1.807) is 24.3 Å². The smallest absolute Gasteiger partial charge is 0.241 e. The van der Waals surface area contributed by atoms with Crippen LogP contribution in [-0.4, -0.2) is 27.1 Å². The lowest BCUT2D eigenvalue weighted by atomic mass is 9.96. The van der Waals surface area contributed by atoms with Gasteiger partial charge in [-0.1, -0.05) is 24.3 Å². The van der Waals surface area contributed by atoms with Crippen LogP contribution in [0, 0.1) is 20.8 Å². The van der Waals surface area contributed by atoms with Crippen LogP contribution >= 0.6 is 15.9 Å². The van der Waals surface area contributed by atoms with Gasteiger partial charge < -0.3 is 5.32 Å². The number of amides is 1. The highest BCUT2D eigenvalue weighted by atomic mass is 79.9. The number of rotatable bonds is 6. The van der Waals surface area contributed by atoms with Crippen LogP contribution in [0.5, 0.6) is 0 Å². The second-order valence-corrected chi connectivity index (χ2v) is 9.56. The Balaban J connectivity index is 2.22. The molecule has 0 bridgehead atoms. The summed E-state index contributed by atoms with van der Waals surface area (Å²) in [7, 11) is -3.61. The summed E-state index contributed by atoms with van der Waals surface area (Å²) in [6, 6.07) is 10.9. The molecule has 1 atom stereocenters. The molecule has 2 rings (SSSR count). The molecule has 0 spiro atoms. The minimum absolute atomic E-state index is 0.225. The van der Waals surface area contributed by atoms with Gasteiger partial charge in [-0.3, -0.25) is 9.10 Å². The second kappa shape index (κ2) is 8.44. The van der Waals surface area contributed by atoms with Crippen LogP contribution < -0.4 is 9.62 Å². The van der Waals surface area contributed by atoms with Crippen molar-refractivity contribution in [2.75, 3.05) is 17.1 Å². The van der Waals surface area contributed by atoms with Gasteiger partial charge in [0.25, 0.3) is 0 Å². The minimum Gasteiger partial charge on any atom is -0.348 e. The number of para-hydroxylation sites is 1. The normalized spacial score (nSPS) is 12.5. The number of hydrogen-bond donors (Lipinski definition) is 1. The van der Waals surface area contributed by atoms with Gasteiger partial charge in [-0.2, -0.15) is 0 Å². The van der Waals surface area contributed by atoms with Crippen LogP contribution in [0.4, 0.5) is 5.69 Å². The predicted molar refractivity (Wildman–Crippen MR) is 114 cm³/mol. The fourth-order valence-corrected chi connectivity index (χ4v) is 4.46. The number of carbonyl (C=O) groups excluding carboxylic acids is 1. The first-order valence-electron chi connectivity index (χ1n) is 8.60. The van der Waals surface area contributed by atoms with E-state index < -0.39 is 10.0 Å². The van der Waals surface area contributed by atoms with Gasteiger partial charge in [-0.25, -0.2) is 8.42 Å². The Morgan fingerprint density at radius 1 is 1.11 bits per heavy atom. The minimum atomic E-state index is -3.61. The molecule has 0 saturated heterocycles. The van der Waals surface area contributed by atoms with E-state index in [-0.39, 0.29) is 18.5 Å². The predicted octanol–water partition coefficient (Wildman–Crippen LogP) is 4.02. The molecule has 1 amide bonds. The zero-order valence-corrected chi connectivity index (χ0v) is 18.6. The Hall–Kier alpha value is -1.86. The molecule has 0 heterocycles. The Morgan fingerprint density at radius 3 is 2.30 bits per heavy atom. The van der Waals surface area contributed by atoms with Gasteiger partial charge in [-0.15, -0.1) is 0 Å². The summed E-state index contributed by atoms with van der Waals surface area (Å²) in [5, 5.41) is 2.92. The molecule has 2 aromatic rings. The van der Waals surface area contributed by atoms with Crippen LogP contribution in [0.1, 0.15) is 35.2 Å². The Kier molecular flexibility index (Phi) is 6.70. The number of halogens is 1. The van der Waals surface area contributed by atoms with Gasteiger partial charge in [0.15, 0.2) is 0 Å².